The van der Waals surface area contributed by atoms with Gasteiger partial charge in [-0.3, -0.25) is 9.59 Å². The third-order valence-electron chi connectivity index (χ3n) is 5.03. The Morgan fingerprint density at radius 2 is 1.32 bits per heavy atom. The van der Waals surface area contributed by atoms with Gasteiger partial charge in [-0.1, -0.05) is 18.2 Å². The van der Waals surface area contributed by atoms with Gasteiger partial charge >= 0.3 is 0 Å². The fraction of sp³-hybridized carbons (Fsp3) is 0.417. The van der Waals surface area contributed by atoms with Crippen LogP contribution in [-0.4, -0.2) is 67.6 Å². The lowest BCUT2D eigenvalue weighted by atomic mass is 10.3. The second kappa shape index (κ2) is 11.8. The summed E-state index contributed by atoms with van der Waals surface area (Å²) in [5.74, 6) is 2.14. The van der Waals surface area contributed by atoms with Crippen molar-refractivity contribution < 1.29 is 23.8 Å². The van der Waals surface area contributed by atoms with Crippen molar-refractivity contribution >= 4 is 11.8 Å². The van der Waals surface area contributed by atoms with Crippen LogP contribution in [0.2, 0.25) is 0 Å². The van der Waals surface area contributed by atoms with Crippen LogP contribution in [0.3, 0.4) is 0 Å². The number of hydrogen-bond donors (Lipinski definition) is 0. The molecule has 0 N–H and O–H groups in total. The third-order valence-corrected chi connectivity index (χ3v) is 5.03. The molecule has 0 aliphatic carbocycles. The molecule has 3 rings (SSSR count). The normalized spacial score (nSPS) is 14.0. The van der Waals surface area contributed by atoms with E-state index < -0.39 is 0 Å². The first-order valence-corrected chi connectivity index (χ1v) is 10.7. The minimum Gasteiger partial charge on any atom is -0.494 e. The van der Waals surface area contributed by atoms with Gasteiger partial charge in [0.25, 0.3) is 5.91 Å². The van der Waals surface area contributed by atoms with Crippen LogP contribution < -0.4 is 14.2 Å². The number of benzene rings is 2. The molecule has 0 atom stereocenters. The summed E-state index contributed by atoms with van der Waals surface area (Å²) in [5, 5.41) is 0. The molecule has 1 fully saturated rings. The lowest BCUT2D eigenvalue weighted by Crippen LogP contribution is -2.39. The Hall–Kier alpha value is -3.22. The molecule has 7 heteroatoms. The van der Waals surface area contributed by atoms with E-state index in [0.717, 1.165) is 17.9 Å². The highest BCUT2D eigenvalue weighted by atomic mass is 16.5. The summed E-state index contributed by atoms with van der Waals surface area (Å²) in [5.41, 5.74) is 0. The number of ether oxygens (including phenoxy) is 3. The van der Waals surface area contributed by atoms with Crippen molar-refractivity contribution in [2.24, 2.45) is 0 Å². The molecule has 1 saturated heterocycles. The third kappa shape index (κ3) is 7.20. The van der Waals surface area contributed by atoms with Crippen molar-refractivity contribution in [2.45, 2.75) is 19.8 Å². The minimum atomic E-state index is -0.0735. The average molecular weight is 427 g/mol. The second-order valence-corrected chi connectivity index (χ2v) is 7.22. The monoisotopic (exact) mass is 426 g/mol. The Morgan fingerprint density at radius 3 is 1.97 bits per heavy atom. The predicted octanol–water partition coefficient (Wildman–Crippen LogP) is 2.99. The van der Waals surface area contributed by atoms with E-state index in [9.17, 15) is 9.59 Å². The molecule has 0 radical (unpaired) electrons. The van der Waals surface area contributed by atoms with Gasteiger partial charge in [0.1, 0.15) is 17.2 Å². The van der Waals surface area contributed by atoms with Crippen molar-refractivity contribution in [1.82, 2.24) is 9.80 Å². The highest BCUT2D eigenvalue weighted by Crippen LogP contribution is 2.17. The maximum atomic E-state index is 12.6. The average Bonchev–Trinajstić information content (AvgIpc) is 3.06. The summed E-state index contributed by atoms with van der Waals surface area (Å²) < 4.78 is 16.6. The standard InChI is InChI=1S/C24H30N2O5/c1-2-29-21-9-11-22(12-10-21)31-19-24(28)26-15-6-14-25(16-17-26)23(27)13-18-30-20-7-4-3-5-8-20/h3-5,7-12H,2,6,13-19H2,1H3. The fourth-order valence-electron chi connectivity index (χ4n) is 3.38. The lowest BCUT2D eigenvalue weighted by molar-refractivity contribution is -0.135. The summed E-state index contributed by atoms with van der Waals surface area (Å²) in [4.78, 5) is 28.6. The Kier molecular flexibility index (Phi) is 8.58. The van der Waals surface area contributed by atoms with Gasteiger partial charge in [0, 0.05) is 26.2 Å². The molecule has 0 unspecified atom stereocenters. The first-order chi connectivity index (χ1) is 15.2. The van der Waals surface area contributed by atoms with Crippen LogP contribution in [0.4, 0.5) is 0 Å². The van der Waals surface area contributed by atoms with Gasteiger partial charge in [0.15, 0.2) is 6.61 Å². The van der Waals surface area contributed by atoms with Crippen molar-refractivity contribution in [3.63, 3.8) is 0 Å². The van der Waals surface area contributed by atoms with Gasteiger partial charge in [-0.05, 0) is 49.7 Å². The van der Waals surface area contributed by atoms with Crippen molar-refractivity contribution in [2.75, 3.05) is 46.0 Å². The van der Waals surface area contributed by atoms with Crippen molar-refractivity contribution in [3.8, 4) is 17.2 Å². The predicted molar refractivity (Wildman–Crippen MR) is 117 cm³/mol. The molecule has 0 saturated carbocycles. The zero-order valence-electron chi connectivity index (χ0n) is 18.0. The van der Waals surface area contributed by atoms with E-state index in [-0.39, 0.29) is 18.4 Å². The molecule has 2 aromatic carbocycles. The number of para-hydroxylation sites is 1. The van der Waals surface area contributed by atoms with Crippen LogP contribution in [0, 0.1) is 0 Å². The number of carbonyl (C=O) groups is 2. The Labute approximate surface area is 183 Å². The number of hydrogen-bond acceptors (Lipinski definition) is 5. The van der Waals surface area contributed by atoms with E-state index in [2.05, 4.69) is 0 Å². The Balaban J connectivity index is 1.39. The van der Waals surface area contributed by atoms with Crippen LogP contribution in [0.5, 0.6) is 17.2 Å². The summed E-state index contributed by atoms with van der Waals surface area (Å²) in [6, 6.07) is 16.7. The fourth-order valence-corrected chi connectivity index (χ4v) is 3.38. The van der Waals surface area contributed by atoms with E-state index >= 15 is 0 Å². The molecule has 0 bridgehead atoms. The molecule has 2 aromatic rings. The second-order valence-electron chi connectivity index (χ2n) is 7.22. The number of rotatable bonds is 9. The summed E-state index contributed by atoms with van der Waals surface area (Å²) >= 11 is 0. The highest BCUT2D eigenvalue weighted by Gasteiger charge is 2.22. The zero-order valence-corrected chi connectivity index (χ0v) is 18.0. The Bertz CT molecular complexity index is 826. The maximum absolute atomic E-state index is 12.6. The maximum Gasteiger partial charge on any atom is 0.260 e. The number of amides is 2. The van der Waals surface area contributed by atoms with E-state index in [1.807, 2.05) is 54.3 Å². The number of nitrogens with zero attached hydrogens (tertiary/aromatic N) is 2. The van der Waals surface area contributed by atoms with E-state index in [4.69, 9.17) is 14.2 Å². The van der Waals surface area contributed by atoms with Crippen LogP contribution in [-0.2, 0) is 9.59 Å². The topological polar surface area (TPSA) is 68.3 Å². The molecule has 0 aromatic heterocycles. The minimum absolute atomic E-state index is 0.0210. The molecular formula is C24H30N2O5. The van der Waals surface area contributed by atoms with E-state index in [0.29, 0.717) is 51.6 Å². The van der Waals surface area contributed by atoms with E-state index in [1.165, 1.54) is 0 Å². The Morgan fingerprint density at radius 1 is 0.742 bits per heavy atom. The molecule has 2 amide bonds. The van der Waals surface area contributed by atoms with Crippen LogP contribution >= 0.6 is 0 Å². The quantitative estimate of drug-likeness (QED) is 0.617. The smallest absolute Gasteiger partial charge is 0.260 e. The first kappa shape index (κ1) is 22.5. The molecule has 166 valence electrons. The summed E-state index contributed by atoms with van der Waals surface area (Å²) in [6.45, 7) is 5.16. The molecule has 1 aliphatic heterocycles. The van der Waals surface area contributed by atoms with Gasteiger partial charge in [-0.15, -0.1) is 0 Å². The number of carbonyl (C=O) groups excluding carboxylic acids is 2. The largest absolute Gasteiger partial charge is 0.494 e. The van der Waals surface area contributed by atoms with Crippen molar-refractivity contribution in [3.05, 3.63) is 54.6 Å². The van der Waals surface area contributed by atoms with Crippen LogP contribution in [0.25, 0.3) is 0 Å². The van der Waals surface area contributed by atoms with Gasteiger partial charge in [0.2, 0.25) is 5.91 Å². The lowest BCUT2D eigenvalue weighted by Gasteiger charge is -2.22. The van der Waals surface area contributed by atoms with Gasteiger partial charge in [-0.25, -0.2) is 0 Å². The molecule has 1 aliphatic rings. The van der Waals surface area contributed by atoms with Gasteiger partial charge in [-0.2, -0.15) is 0 Å². The van der Waals surface area contributed by atoms with E-state index in [1.54, 1.807) is 17.0 Å². The SMILES string of the molecule is CCOc1ccc(OCC(=O)N2CCCN(C(=O)CCOc3ccccc3)CC2)cc1. The zero-order chi connectivity index (χ0) is 21.9. The molecule has 1 heterocycles. The highest BCUT2D eigenvalue weighted by molar-refractivity contribution is 5.78. The first-order valence-electron chi connectivity index (χ1n) is 10.7. The molecule has 0 spiro atoms. The van der Waals surface area contributed by atoms with Gasteiger partial charge in [0.05, 0.1) is 19.6 Å². The molecule has 7 nitrogen and oxygen atoms in total. The summed E-state index contributed by atoms with van der Waals surface area (Å²) in [6.07, 6.45) is 1.07. The molecular weight excluding hydrogens is 396 g/mol. The van der Waals surface area contributed by atoms with Crippen molar-refractivity contribution in [1.29, 1.82) is 0 Å². The van der Waals surface area contributed by atoms with Crippen LogP contribution in [0.1, 0.15) is 19.8 Å². The molecule has 31 heavy (non-hydrogen) atoms. The summed E-state index contributed by atoms with van der Waals surface area (Å²) in [7, 11) is 0. The van der Waals surface area contributed by atoms with Gasteiger partial charge < -0.3 is 24.0 Å². The van der Waals surface area contributed by atoms with Crippen LogP contribution in [0.15, 0.2) is 54.6 Å².